The van der Waals surface area contributed by atoms with Gasteiger partial charge in [-0.05, 0) is 24.3 Å². The largest absolute Gasteiger partial charge is 0.477 e. The minimum Gasteiger partial charge on any atom is -0.477 e. The van der Waals surface area contributed by atoms with Crippen LogP contribution in [-0.2, 0) is 0 Å². The Labute approximate surface area is 97.2 Å². The molecule has 0 radical (unpaired) electrons. The Bertz CT molecular complexity index is 499. The number of carbonyl (C=O) groups is 1. The highest BCUT2D eigenvalue weighted by Crippen LogP contribution is 2.25. The molecule has 3 nitrogen and oxygen atoms in total. The molecule has 2 aromatic rings. The van der Waals surface area contributed by atoms with Gasteiger partial charge < -0.3 is 5.11 Å². The Balaban J connectivity index is 2.22. The highest BCUT2D eigenvalue weighted by molar-refractivity contribution is 7.99. The minimum atomic E-state index is -1.00. The van der Waals surface area contributed by atoms with E-state index in [0.717, 1.165) is 4.90 Å². The number of pyridine rings is 1. The quantitative estimate of drug-likeness (QED) is 0.882. The Morgan fingerprint density at radius 2 is 1.81 bits per heavy atom. The average molecular weight is 231 g/mol. The van der Waals surface area contributed by atoms with Crippen LogP contribution in [0.2, 0.25) is 0 Å². The average Bonchev–Trinajstić information content (AvgIpc) is 2.30. The molecule has 0 aliphatic carbocycles. The van der Waals surface area contributed by atoms with Crippen LogP contribution in [-0.4, -0.2) is 16.1 Å². The van der Waals surface area contributed by atoms with Crippen molar-refractivity contribution >= 4 is 17.7 Å². The molecule has 0 spiro atoms. The van der Waals surface area contributed by atoms with Crippen molar-refractivity contribution in [2.75, 3.05) is 0 Å². The number of hydrogen-bond acceptors (Lipinski definition) is 3. The highest BCUT2D eigenvalue weighted by Gasteiger charge is 2.05. The summed E-state index contributed by atoms with van der Waals surface area (Å²) in [5.74, 6) is -1.00. The van der Waals surface area contributed by atoms with Crippen molar-refractivity contribution in [2.24, 2.45) is 0 Å². The summed E-state index contributed by atoms with van der Waals surface area (Å²) in [4.78, 5) is 15.8. The first-order valence-electron chi connectivity index (χ1n) is 4.69. The fourth-order valence-electron chi connectivity index (χ4n) is 1.20. The molecule has 4 heteroatoms. The van der Waals surface area contributed by atoms with Crippen LogP contribution in [0.15, 0.2) is 58.5 Å². The molecule has 0 aliphatic rings. The molecular formula is C12H9NO2S. The second-order valence-electron chi connectivity index (χ2n) is 3.08. The van der Waals surface area contributed by atoms with Crippen molar-refractivity contribution in [3.63, 3.8) is 0 Å². The summed E-state index contributed by atoms with van der Waals surface area (Å²) in [7, 11) is 0. The lowest BCUT2D eigenvalue weighted by atomic mass is 10.4. The molecule has 0 bridgehead atoms. The molecular weight excluding hydrogens is 222 g/mol. The molecule has 0 atom stereocenters. The maximum atomic E-state index is 10.7. The molecule has 0 saturated carbocycles. The van der Waals surface area contributed by atoms with Crippen LogP contribution in [0.3, 0.4) is 0 Å². The van der Waals surface area contributed by atoms with Crippen LogP contribution < -0.4 is 0 Å². The van der Waals surface area contributed by atoms with E-state index in [1.54, 1.807) is 12.1 Å². The van der Waals surface area contributed by atoms with E-state index >= 15 is 0 Å². The number of carboxylic acid groups (broad SMARTS) is 1. The Kier molecular flexibility index (Phi) is 3.22. The molecule has 0 fully saturated rings. The highest BCUT2D eigenvalue weighted by atomic mass is 32.2. The van der Waals surface area contributed by atoms with Crippen molar-refractivity contribution in [1.82, 2.24) is 4.98 Å². The molecule has 16 heavy (non-hydrogen) atoms. The van der Waals surface area contributed by atoms with Gasteiger partial charge in [-0.2, -0.15) is 0 Å². The van der Waals surface area contributed by atoms with E-state index in [1.807, 2.05) is 30.3 Å². The first kappa shape index (κ1) is 10.7. The van der Waals surface area contributed by atoms with Gasteiger partial charge >= 0.3 is 5.97 Å². The molecule has 0 amide bonds. The van der Waals surface area contributed by atoms with E-state index in [-0.39, 0.29) is 5.69 Å². The first-order chi connectivity index (χ1) is 7.75. The number of carboxylic acids is 1. The lowest BCUT2D eigenvalue weighted by Gasteiger charge is -2.01. The SMILES string of the molecule is O=C(O)c1cccc(Sc2ccccc2)n1. The molecule has 2 rings (SSSR count). The maximum absolute atomic E-state index is 10.7. The lowest BCUT2D eigenvalue weighted by molar-refractivity contribution is 0.0689. The van der Waals surface area contributed by atoms with Gasteiger partial charge in [0.25, 0.3) is 0 Å². The van der Waals surface area contributed by atoms with Gasteiger partial charge in [0, 0.05) is 4.90 Å². The monoisotopic (exact) mass is 231 g/mol. The Morgan fingerprint density at radius 1 is 1.06 bits per heavy atom. The van der Waals surface area contributed by atoms with E-state index < -0.39 is 5.97 Å². The third-order valence-corrected chi connectivity index (χ3v) is 2.85. The summed E-state index contributed by atoms with van der Waals surface area (Å²) >= 11 is 1.44. The van der Waals surface area contributed by atoms with E-state index in [4.69, 9.17) is 5.11 Å². The number of hydrogen-bond donors (Lipinski definition) is 1. The first-order valence-corrected chi connectivity index (χ1v) is 5.50. The van der Waals surface area contributed by atoms with E-state index in [1.165, 1.54) is 17.8 Å². The van der Waals surface area contributed by atoms with Gasteiger partial charge in [-0.1, -0.05) is 36.0 Å². The van der Waals surface area contributed by atoms with E-state index in [0.29, 0.717) is 5.03 Å². The Hall–Kier alpha value is -1.81. The normalized spacial score (nSPS) is 10.0. The Morgan fingerprint density at radius 3 is 2.50 bits per heavy atom. The smallest absolute Gasteiger partial charge is 0.354 e. The van der Waals surface area contributed by atoms with Crippen molar-refractivity contribution in [3.8, 4) is 0 Å². The number of aromatic carboxylic acids is 1. The number of aromatic nitrogens is 1. The molecule has 0 saturated heterocycles. The molecule has 1 heterocycles. The predicted molar refractivity (Wildman–Crippen MR) is 61.8 cm³/mol. The van der Waals surface area contributed by atoms with E-state index in [9.17, 15) is 4.79 Å². The van der Waals surface area contributed by atoms with Gasteiger partial charge in [-0.15, -0.1) is 0 Å². The van der Waals surface area contributed by atoms with Gasteiger partial charge in [-0.3, -0.25) is 0 Å². The summed E-state index contributed by atoms with van der Waals surface area (Å²) < 4.78 is 0. The predicted octanol–water partition coefficient (Wildman–Crippen LogP) is 2.93. The zero-order chi connectivity index (χ0) is 11.4. The zero-order valence-electron chi connectivity index (χ0n) is 8.33. The topological polar surface area (TPSA) is 50.2 Å². The third kappa shape index (κ3) is 2.61. The standard InChI is InChI=1S/C12H9NO2S/c14-12(15)10-7-4-8-11(13-10)16-9-5-2-1-3-6-9/h1-8H,(H,14,15). The fraction of sp³-hybridized carbons (Fsp3) is 0. The third-order valence-electron chi connectivity index (χ3n) is 1.91. The van der Waals surface area contributed by atoms with Crippen LogP contribution in [0.25, 0.3) is 0 Å². The van der Waals surface area contributed by atoms with Crippen molar-refractivity contribution in [2.45, 2.75) is 9.92 Å². The summed E-state index contributed by atoms with van der Waals surface area (Å²) in [6, 6.07) is 14.7. The van der Waals surface area contributed by atoms with E-state index in [2.05, 4.69) is 4.98 Å². The zero-order valence-corrected chi connectivity index (χ0v) is 9.15. The molecule has 80 valence electrons. The van der Waals surface area contributed by atoms with Gasteiger partial charge in [0.15, 0.2) is 0 Å². The fourth-order valence-corrected chi connectivity index (χ4v) is 2.03. The molecule has 1 aromatic carbocycles. The van der Waals surface area contributed by atoms with Crippen LogP contribution in [0.1, 0.15) is 10.5 Å². The van der Waals surface area contributed by atoms with Gasteiger partial charge in [0.2, 0.25) is 0 Å². The summed E-state index contributed by atoms with van der Waals surface area (Å²) in [6.45, 7) is 0. The van der Waals surface area contributed by atoms with Crippen molar-refractivity contribution < 1.29 is 9.90 Å². The van der Waals surface area contributed by atoms with Gasteiger partial charge in [0.05, 0.1) is 0 Å². The lowest BCUT2D eigenvalue weighted by Crippen LogP contribution is -1.99. The maximum Gasteiger partial charge on any atom is 0.354 e. The van der Waals surface area contributed by atoms with Crippen LogP contribution >= 0.6 is 11.8 Å². The van der Waals surface area contributed by atoms with Gasteiger partial charge in [0.1, 0.15) is 10.7 Å². The number of nitrogens with zero attached hydrogens (tertiary/aromatic N) is 1. The van der Waals surface area contributed by atoms with Crippen molar-refractivity contribution in [3.05, 3.63) is 54.2 Å². The second kappa shape index (κ2) is 4.81. The minimum absolute atomic E-state index is 0.0703. The van der Waals surface area contributed by atoms with Crippen LogP contribution in [0.5, 0.6) is 0 Å². The molecule has 1 N–H and O–H groups in total. The number of benzene rings is 1. The van der Waals surface area contributed by atoms with Crippen LogP contribution in [0.4, 0.5) is 0 Å². The van der Waals surface area contributed by atoms with Gasteiger partial charge in [-0.25, -0.2) is 9.78 Å². The summed E-state index contributed by atoms with van der Waals surface area (Å²) in [6.07, 6.45) is 0. The molecule has 0 aliphatic heterocycles. The summed E-state index contributed by atoms with van der Waals surface area (Å²) in [5, 5.41) is 9.49. The molecule has 0 unspecified atom stereocenters. The van der Waals surface area contributed by atoms with Crippen molar-refractivity contribution in [1.29, 1.82) is 0 Å². The second-order valence-corrected chi connectivity index (χ2v) is 4.18. The van der Waals surface area contributed by atoms with Crippen LogP contribution in [0, 0.1) is 0 Å². The molecule has 1 aromatic heterocycles. The number of rotatable bonds is 3. The summed E-state index contributed by atoms with van der Waals surface area (Å²) in [5.41, 5.74) is 0.0703.